The zero-order chi connectivity index (χ0) is 16.2. The molecule has 1 aliphatic heterocycles. The Kier molecular flexibility index (Phi) is 5.72. The molecular formula is C17H33N3O2. The maximum absolute atomic E-state index is 12.0. The van der Waals surface area contributed by atoms with Crippen molar-refractivity contribution in [2.45, 2.75) is 76.5 Å². The molecule has 2 fully saturated rings. The van der Waals surface area contributed by atoms with Gasteiger partial charge in [0.15, 0.2) is 0 Å². The molecule has 0 aromatic heterocycles. The maximum Gasteiger partial charge on any atom is 0.408 e. The SMILES string of the molecule is CN1CCCC(NCC2(NC(=O)OC(C)(C)C)CCC2)CC1. The van der Waals surface area contributed by atoms with Crippen molar-refractivity contribution >= 4 is 6.09 Å². The molecule has 22 heavy (non-hydrogen) atoms. The number of nitrogens with zero attached hydrogens (tertiary/aromatic N) is 1. The predicted octanol–water partition coefficient (Wildman–Crippen LogP) is 2.51. The molecule has 0 aromatic rings. The van der Waals surface area contributed by atoms with Gasteiger partial charge in [-0.15, -0.1) is 0 Å². The third-order valence-corrected chi connectivity index (χ3v) is 4.76. The fourth-order valence-electron chi connectivity index (χ4n) is 3.25. The molecule has 0 aromatic carbocycles. The Morgan fingerprint density at radius 1 is 1.23 bits per heavy atom. The average Bonchev–Trinajstić information content (AvgIpc) is 2.55. The largest absolute Gasteiger partial charge is 0.444 e. The summed E-state index contributed by atoms with van der Waals surface area (Å²) in [6.07, 6.45) is 6.67. The first-order chi connectivity index (χ1) is 10.3. The summed E-state index contributed by atoms with van der Waals surface area (Å²) in [5.41, 5.74) is -0.533. The molecule has 1 aliphatic carbocycles. The minimum absolute atomic E-state index is 0.0967. The van der Waals surface area contributed by atoms with Gasteiger partial charge in [0.1, 0.15) is 5.60 Å². The van der Waals surface area contributed by atoms with E-state index in [1.54, 1.807) is 0 Å². The Balaban J connectivity index is 1.79. The van der Waals surface area contributed by atoms with Crippen molar-refractivity contribution in [2.24, 2.45) is 0 Å². The van der Waals surface area contributed by atoms with E-state index in [-0.39, 0.29) is 11.6 Å². The zero-order valence-corrected chi connectivity index (χ0v) is 14.7. The van der Waals surface area contributed by atoms with E-state index in [4.69, 9.17) is 4.74 Å². The smallest absolute Gasteiger partial charge is 0.408 e. The highest BCUT2D eigenvalue weighted by atomic mass is 16.6. The lowest BCUT2D eigenvalue weighted by Crippen LogP contribution is -2.60. The van der Waals surface area contributed by atoms with Gasteiger partial charge in [-0.1, -0.05) is 0 Å². The highest BCUT2D eigenvalue weighted by Gasteiger charge is 2.39. The van der Waals surface area contributed by atoms with Crippen molar-refractivity contribution in [1.82, 2.24) is 15.5 Å². The Labute approximate surface area is 135 Å². The van der Waals surface area contributed by atoms with Crippen LogP contribution in [0.15, 0.2) is 0 Å². The molecule has 0 spiro atoms. The van der Waals surface area contributed by atoms with Crippen LogP contribution in [0.4, 0.5) is 4.79 Å². The summed E-state index contributed by atoms with van der Waals surface area (Å²) in [4.78, 5) is 14.5. The van der Waals surface area contributed by atoms with Crippen LogP contribution in [0.3, 0.4) is 0 Å². The summed E-state index contributed by atoms with van der Waals surface area (Å²) < 4.78 is 5.41. The van der Waals surface area contributed by atoms with Crippen LogP contribution in [0.2, 0.25) is 0 Å². The molecule has 1 heterocycles. The topological polar surface area (TPSA) is 53.6 Å². The van der Waals surface area contributed by atoms with E-state index >= 15 is 0 Å². The molecule has 0 bridgehead atoms. The molecular weight excluding hydrogens is 278 g/mol. The number of alkyl carbamates (subject to hydrolysis) is 1. The average molecular weight is 311 g/mol. The second-order valence-corrected chi connectivity index (χ2v) is 8.07. The van der Waals surface area contributed by atoms with Crippen LogP contribution in [0, 0.1) is 0 Å². The summed E-state index contributed by atoms with van der Waals surface area (Å²) >= 11 is 0. The number of rotatable bonds is 4. The first-order valence-electron chi connectivity index (χ1n) is 8.71. The van der Waals surface area contributed by atoms with Crippen molar-refractivity contribution in [1.29, 1.82) is 0 Å². The van der Waals surface area contributed by atoms with E-state index in [1.807, 2.05) is 20.8 Å². The molecule has 2 aliphatic rings. The third kappa shape index (κ3) is 5.43. The number of carbonyl (C=O) groups is 1. The van der Waals surface area contributed by atoms with E-state index in [1.165, 1.54) is 32.2 Å². The Hall–Kier alpha value is -0.810. The molecule has 128 valence electrons. The normalized spacial score (nSPS) is 25.9. The van der Waals surface area contributed by atoms with Gasteiger partial charge in [0.25, 0.3) is 0 Å². The van der Waals surface area contributed by atoms with Gasteiger partial charge >= 0.3 is 6.09 Å². The number of amides is 1. The van der Waals surface area contributed by atoms with Gasteiger partial charge in [-0.25, -0.2) is 4.79 Å². The van der Waals surface area contributed by atoms with E-state index in [9.17, 15) is 4.79 Å². The fourth-order valence-corrected chi connectivity index (χ4v) is 3.25. The molecule has 1 amide bonds. The monoisotopic (exact) mass is 311 g/mol. The predicted molar refractivity (Wildman–Crippen MR) is 89.1 cm³/mol. The third-order valence-electron chi connectivity index (χ3n) is 4.76. The lowest BCUT2D eigenvalue weighted by atomic mass is 9.76. The van der Waals surface area contributed by atoms with Gasteiger partial charge in [-0.05, 0) is 79.4 Å². The zero-order valence-electron chi connectivity index (χ0n) is 14.7. The van der Waals surface area contributed by atoms with Gasteiger partial charge < -0.3 is 20.3 Å². The van der Waals surface area contributed by atoms with E-state index in [0.717, 1.165) is 25.9 Å². The first kappa shape index (κ1) is 17.5. The number of hydrogen-bond donors (Lipinski definition) is 2. The molecule has 5 heteroatoms. The van der Waals surface area contributed by atoms with E-state index < -0.39 is 5.60 Å². The lowest BCUT2D eigenvalue weighted by Gasteiger charge is -2.43. The van der Waals surface area contributed by atoms with Crippen molar-refractivity contribution < 1.29 is 9.53 Å². The lowest BCUT2D eigenvalue weighted by molar-refractivity contribution is 0.0378. The highest BCUT2D eigenvalue weighted by Crippen LogP contribution is 2.32. The van der Waals surface area contributed by atoms with Crippen LogP contribution in [0.5, 0.6) is 0 Å². The van der Waals surface area contributed by atoms with Crippen molar-refractivity contribution in [3.63, 3.8) is 0 Å². The van der Waals surface area contributed by atoms with Gasteiger partial charge in [0.05, 0.1) is 5.54 Å². The summed E-state index contributed by atoms with van der Waals surface area (Å²) in [5.74, 6) is 0. The molecule has 2 N–H and O–H groups in total. The van der Waals surface area contributed by atoms with Crippen LogP contribution in [0.1, 0.15) is 59.3 Å². The number of carbonyl (C=O) groups excluding carboxylic acids is 1. The number of hydrogen-bond acceptors (Lipinski definition) is 4. The number of ether oxygens (including phenoxy) is 1. The second-order valence-electron chi connectivity index (χ2n) is 8.07. The van der Waals surface area contributed by atoms with Gasteiger partial charge in [-0.3, -0.25) is 0 Å². The van der Waals surface area contributed by atoms with Gasteiger partial charge in [-0.2, -0.15) is 0 Å². The molecule has 1 atom stereocenters. The van der Waals surface area contributed by atoms with Crippen molar-refractivity contribution in [3.8, 4) is 0 Å². The Morgan fingerprint density at radius 2 is 1.95 bits per heavy atom. The van der Waals surface area contributed by atoms with Gasteiger partial charge in [0.2, 0.25) is 0 Å². The number of nitrogens with one attached hydrogen (secondary N) is 2. The standard InChI is InChI=1S/C17H33N3O2/c1-16(2,3)22-15(21)19-17(9-6-10-17)13-18-14-7-5-11-20(4)12-8-14/h14,18H,5-13H2,1-4H3,(H,19,21). The van der Waals surface area contributed by atoms with Crippen molar-refractivity contribution in [2.75, 3.05) is 26.7 Å². The van der Waals surface area contributed by atoms with Crippen LogP contribution in [-0.4, -0.2) is 54.9 Å². The van der Waals surface area contributed by atoms with Crippen LogP contribution in [0.25, 0.3) is 0 Å². The van der Waals surface area contributed by atoms with E-state index in [2.05, 4.69) is 22.6 Å². The first-order valence-corrected chi connectivity index (χ1v) is 8.71. The van der Waals surface area contributed by atoms with Crippen LogP contribution in [-0.2, 0) is 4.74 Å². The molecule has 1 saturated heterocycles. The molecule has 2 rings (SSSR count). The molecule has 0 radical (unpaired) electrons. The summed E-state index contributed by atoms with van der Waals surface area (Å²) in [7, 11) is 2.19. The summed E-state index contributed by atoms with van der Waals surface area (Å²) in [6.45, 7) is 8.92. The molecule has 1 saturated carbocycles. The highest BCUT2D eigenvalue weighted by molar-refractivity contribution is 5.69. The van der Waals surface area contributed by atoms with Crippen LogP contribution >= 0.6 is 0 Å². The molecule has 1 unspecified atom stereocenters. The maximum atomic E-state index is 12.0. The van der Waals surface area contributed by atoms with Crippen LogP contribution < -0.4 is 10.6 Å². The second kappa shape index (κ2) is 7.18. The summed E-state index contributed by atoms with van der Waals surface area (Å²) in [5, 5.41) is 6.81. The van der Waals surface area contributed by atoms with E-state index in [0.29, 0.717) is 6.04 Å². The fraction of sp³-hybridized carbons (Fsp3) is 0.941. The van der Waals surface area contributed by atoms with Gasteiger partial charge in [0, 0.05) is 12.6 Å². The number of likely N-dealkylation sites (tertiary alicyclic amines) is 1. The molecule has 5 nitrogen and oxygen atoms in total. The summed E-state index contributed by atoms with van der Waals surface area (Å²) in [6, 6.07) is 0.572. The Morgan fingerprint density at radius 3 is 2.55 bits per heavy atom. The quantitative estimate of drug-likeness (QED) is 0.837. The Bertz CT molecular complexity index is 375. The minimum Gasteiger partial charge on any atom is -0.444 e. The minimum atomic E-state index is -0.436. The van der Waals surface area contributed by atoms with Crippen molar-refractivity contribution in [3.05, 3.63) is 0 Å².